The van der Waals surface area contributed by atoms with E-state index in [0.29, 0.717) is 33.3 Å². The Labute approximate surface area is 198 Å². The van der Waals surface area contributed by atoms with Crippen molar-refractivity contribution in [2.45, 2.75) is 0 Å². The van der Waals surface area contributed by atoms with Crippen LogP contribution in [0.15, 0.2) is 83.3 Å². The van der Waals surface area contributed by atoms with Crippen LogP contribution in [0.4, 0.5) is 11.4 Å². The summed E-state index contributed by atoms with van der Waals surface area (Å²) in [5.74, 6) is -0.106. The average Bonchev–Trinajstić information content (AvgIpc) is 2.80. The molecule has 0 aliphatic carbocycles. The van der Waals surface area contributed by atoms with Crippen LogP contribution in [0, 0.1) is 0 Å². The SMILES string of the molecule is COc1c(C(=O)Nc2ccc(NC(=O)c3cccc(Cl)c3)cc2)cc2ccccc2c1Br. The van der Waals surface area contributed by atoms with Crippen molar-refractivity contribution in [3.8, 4) is 5.75 Å². The summed E-state index contributed by atoms with van der Waals surface area (Å²) in [5, 5.41) is 8.05. The number of amides is 2. The third-order valence-corrected chi connectivity index (χ3v) is 5.90. The Morgan fingerprint density at radius 3 is 2.16 bits per heavy atom. The van der Waals surface area contributed by atoms with Crippen LogP contribution < -0.4 is 15.4 Å². The second-order valence-electron chi connectivity index (χ2n) is 6.99. The Morgan fingerprint density at radius 1 is 0.844 bits per heavy atom. The molecule has 0 heterocycles. The minimum Gasteiger partial charge on any atom is -0.495 e. The minimum atomic E-state index is -0.302. The van der Waals surface area contributed by atoms with Crippen LogP contribution in [0.5, 0.6) is 5.75 Å². The van der Waals surface area contributed by atoms with E-state index in [0.717, 1.165) is 15.2 Å². The van der Waals surface area contributed by atoms with E-state index in [2.05, 4.69) is 26.6 Å². The van der Waals surface area contributed by atoms with Crippen molar-refractivity contribution < 1.29 is 14.3 Å². The van der Waals surface area contributed by atoms with Crippen molar-refractivity contribution in [2.24, 2.45) is 0 Å². The molecule has 0 spiro atoms. The average molecular weight is 510 g/mol. The summed E-state index contributed by atoms with van der Waals surface area (Å²) in [5.41, 5.74) is 2.06. The molecule has 5 nitrogen and oxygen atoms in total. The largest absolute Gasteiger partial charge is 0.495 e. The minimum absolute atomic E-state index is 0.268. The molecule has 0 aromatic heterocycles. The maximum absolute atomic E-state index is 13.0. The predicted molar refractivity (Wildman–Crippen MR) is 132 cm³/mol. The summed E-state index contributed by atoms with van der Waals surface area (Å²) < 4.78 is 6.22. The molecule has 0 saturated carbocycles. The quantitative estimate of drug-likeness (QED) is 0.312. The Bertz CT molecular complexity index is 1320. The van der Waals surface area contributed by atoms with Gasteiger partial charge >= 0.3 is 0 Å². The lowest BCUT2D eigenvalue weighted by Crippen LogP contribution is -2.14. The number of hydrogen-bond donors (Lipinski definition) is 2. The molecule has 4 rings (SSSR count). The molecule has 7 heteroatoms. The highest BCUT2D eigenvalue weighted by molar-refractivity contribution is 9.10. The fourth-order valence-electron chi connectivity index (χ4n) is 3.32. The number of carbonyl (C=O) groups excluding carboxylic acids is 2. The van der Waals surface area contributed by atoms with E-state index in [1.165, 1.54) is 7.11 Å². The van der Waals surface area contributed by atoms with E-state index in [1.807, 2.05) is 24.3 Å². The molecular formula is C25H18BrClN2O3. The van der Waals surface area contributed by atoms with E-state index in [4.69, 9.17) is 16.3 Å². The van der Waals surface area contributed by atoms with Gasteiger partial charge in [0.15, 0.2) is 0 Å². The fraction of sp³-hybridized carbons (Fsp3) is 0.0400. The van der Waals surface area contributed by atoms with Crippen LogP contribution in [0.2, 0.25) is 5.02 Å². The van der Waals surface area contributed by atoms with Crippen LogP contribution >= 0.6 is 27.5 Å². The molecule has 0 atom stereocenters. The first kappa shape index (κ1) is 21.9. The van der Waals surface area contributed by atoms with Crippen molar-refractivity contribution in [3.05, 3.63) is 99.5 Å². The third-order valence-electron chi connectivity index (χ3n) is 4.88. The lowest BCUT2D eigenvalue weighted by Gasteiger charge is -2.14. The van der Waals surface area contributed by atoms with Gasteiger partial charge in [0, 0.05) is 22.0 Å². The molecule has 4 aromatic carbocycles. The van der Waals surface area contributed by atoms with E-state index in [1.54, 1.807) is 54.6 Å². The van der Waals surface area contributed by atoms with Gasteiger partial charge in [-0.2, -0.15) is 0 Å². The Balaban J connectivity index is 1.51. The number of rotatable bonds is 5. The number of methoxy groups -OCH3 is 1. The highest BCUT2D eigenvalue weighted by Crippen LogP contribution is 2.37. The molecule has 0 radical (unpaired) electrons. The van der Waals surface area contributed by atoms with Crippen molar-refractivity contribution >= 4 is 61.5 Å². The van der Waals surface area contributed by atoms with Crippen molar-refractivity contribution in [1.29, 1.82) is 0 Å². The van der Waals surface area contributed by atoms with Gasteiger partial charge in [-0.3, -0.25) is 9.59 Å². The van der Waals surface area contributed by atoms with Crippen LogP contribution in [-0.4, -0.2) is 18.9 Å². The fourth-order valence-corrected chi connectivity index (χ4v) is 4.25. The highest BCUT2D eigenvalue weighted by atomic mass is 79.9. The topological polar surface area (TPSA) is 67.4 Å². The zero-order valence-corrected chi connectivity index (χ0v) is 19.3. The van der Waals surface area contributed by atoms with Crippen LogP contribution in [-0.2, 0) is 0 Å². The van der Waals surface area contributed by atoms with Crippen LogP contribution in [0.3, 0.4) is 0 Å². The Hall–Kier alpha value is -3.35. The number of halogens is 2. The Kier molecular flexibility index (Phi) is 6.44. The number of nitrogens with one attached hydrogen (secondary N) is 2. The first-order valence-corrected chi connectivity index (χ1v) is 10.9. The molecule has 0 unspecified atom stereocenters. The van der Waals surface area contributed by atoms with Gasteiger partial charge in [-0.25, -0.2) is 0 Å². The number of anilines is 2. The molecule has 0 fully saturated rings. The van der Waals surface area contributed by atoms with Crippen molar-refractivity contribution in [2.75, 3.05) is 17.7 Å². The third kappa shape index (κ3) is 4.61. The van der Waals surface area contributed by atoms with Gasteiger partial charge in [0.25, 0.3) is 11.8 Å². The molecule has 0 aliphatic rings. The summed E-state index contributed by atoms with van der Waals surface area (Å²) in [6.45, 7) is 0. The van der Waals surface area contributed by atoms with E-state index in [-0.39, 0.29) is 11.8 Å². The second kappa shape index (κ2) is 9.42. The molecule has 2 N–H and O–H groups in total. The summed E-state index contributed by atoms with van der Waals surface area (Å²) in [6.07, 6.45) is 0. The molecule has 0 saturated heterocycles. The number of benzene rings is 4. The summed E-state index contributed by atoms with van der Waals surface area (Å²) in [7, 11) is 1.53. The number of hydrogen-bond acceptors (Lipinski definition) is 3. The lowest BCUT2D eigenvalue weighted by atomic mass is 10.1. The number of ether oxygens (including phenoxy) is 1. The normalized spacial score (nSPS) is 10.6. The summed E-state index contributed by atoms with van der Waals surface area (Å²) >= 11 is 9.49. The van der Waals surface area contributed by atoms with E-state index in [9.17, 15) is 9.59 Å². The first-order chi connectivity index (χ1) is 15.5. The number of carbonyl (C=O) groups is 2. The van der Waals surface area contributed by atoms with Gasteiger partial charge in [0.05, 0.1) is 17.1 Å². The zero-order chi connectivity index (χ0) is 22.7. The van der Waals surface area contributed by atoms with Gasteiger partial charge in [-0.15, -0.1) is 0 Å². The molecule has 160 valence electrons. The zero-order valence-electron chi connectivity index (χ0n) is 17.0. The maximum Gasteiger partial charge on any atom is 0.259 e. The van der Waals surface area contributed by atoms with Crippen molar-refractivity contribution in [1.82, 2.24) is 0 Å². The van der Waals surface area contributed by atoms with Gasteiger partial charge in [0.2, 0.25) is 0 Å². The van der Waals surface area contributed by atoms with Crippen LogP contribution in [0.1, 0.15) is 20.7 Å². The summed E-state index contributed by atoms with van der Waals surface area (Å²) in [6, 6.07) is 23.1. The molecular weight excluding hydrogens is 492 g/mol. The highest BCUT2D eigenvalue weighted by Gasteiger charge is 2.18. The molecule has 2 amide bonds. The van der Waals surface area contributed by atoms with E-state index < -0.39 is 0 Å². The Morgan fingerprint density at radius 2 is 1.50 bits per heavy atom. The van der Waals surface area contributed by atoms with Crippen LogP contribution in [0.25, 0.3) is 10.8 Å². The number of fused-ring (bicyclic) bond motifs is 1. The molecule has 0 aliphatic heterocycles. The standard InChI is InChI=1S/C25H18BrClN2O3/c1-32-23-21(14-15-5-2-3-8-20(15)22(23)26)25(31)29-19-11-9-18(10-12-19)28-24(30)16-6-4-7-17(27)13-16/h2-14H,1H3,(H,28,30)(H,29,31). The lowest BCUT2D eigenvalue weighted by molar-refractivity contribution is 0.101. The smallest absolute Gasteiger partial charge is 0.259 e. The van der Waals surface area contributed by atoms with Crippen molar-refractivity contribution in [3.63, 3.8) is 0 Å². The molecule has 4 aromatic rings. The monoisotopic (exact) mass is 508 g/mol. The van der Waals surface area contributed by atoms with Gasteiger partial charge < -0.3 is 15.4 Å². The van der Waals surface area contributed by atoms with Gasteiger partial charge in [-0.1, -0.05) is 41.9 Å². The van der Waals surface area contributed by atoms with E-state index >= 15 is 0 Å². The summed E-state index contributed by atoms with van der Waals surface area (Å²) in [4.78, 5) is 25.3. The van der Waals surface area contributed by atoms with Gasteiger partial charge in [-0.05, 0) is 75.2 Å². The maximum atomic E-state index is 13.0. The first-order valence-electron chi connectivity index (χ1n) is 9.70. The molecule has 32 heavy (non-hydrogen) atoms. The molecule has 0 bridgehead atoms. The second-order valence-corrected chi connectivity index (χ2v) is 8.22. The predicted octanol–water partition coefficient (Wildman–Crippen LogP) is 6.77. The van der Waals surface area contributed by atoms with Gasteiger partial charge in [0.1, 0.15) is 5.75 Å².